The van der Waals surface area contributed by atoms with Gasteiger partial charge in [0.1, 0.15) is 0 Å². The Kier molecular flexibility index (Phi) is 1250. The zero-order valence-corrected chi connectivity index (χ0v) is 54.5. The summed E-state index contributed by atoms with van der Waals surface area (Å²) in [7, 11) is 0. The molecule has 0 spiro atoms. The highest BCUT2D eigenvalue weighted by atomic mass is 128. The molecule has 0 bridgehead atoms. The number of hydrogen-bond acceptors (Lipinski definition) is 0. The van der Waals surface area contributed by atoms with E-state index in [1.165, 1.54) is 13.7 Å². The maximum atomic E-state index is 2.34. The SMILES string of the molecule is C.C.C.C.C.C.CI.CI.CI.CI.CI.I.I.I.I.I.ICCI.ICI.ICI.II. The van der Waals surface area contributed by atoms with Gasteiger partial charge in [-0.2, -0.15) is 0 Å². The Balaban J connectivity index is -0.00000000311. The van der Waals surface area contributed by atoms with E-state index in [9.17, 15) is 0 Å². The Morgan fingerprint density at radius 1 is 0.303 bits per heavy atom. The van der Waals surface area contributed by atoms with E-state index in [-0.39, 0.29) is 164 Å². The van der Waals surface area contributed by atoms with Crippen molar-refractivity contribution in [1.82, 2.24) is 0 Å². The summed E-state index contributed by atoms with van der Waals surface area (Å²) in [5, 5.41) is 0. The van der Waals surface area contributed by atoms with Crippen LogP contribution in [0, 0.1) is 0 Å². The first-order valence-electron chi connectivity index (χ1n) is 4.14. The third-order valence-electron chi connectivity index (χ3n) is 0.0714. The van der Waals surface area contributed by atoms with Crippen molar-refractivity contribution in [2.75, 3.05) is 38.4 Å². The van der Waals surface area contributed by atoms with Crippen LogP contribution >= 0.6 is 406 Å². The Labute approximate surface area is 474 Å². The summed E-state index contributed by atoms with van der Waals surface area (Å²) in [6.45, 7) is 0. The van der Waals surface area contributed by atoms with Gasteiger partial charge in [-0.3, -0.25) is 0 Å². The molecule has 0 aromatic carbocycles. The first-order chi connectivity index (χ1) is 10.7. The van der Waals surface area contributed by atoms with Crippen molar-refractivity contribution in [1.29, 1.82) is 0 Å². The lowest BCUT2D eigenvalue weighted by atomic mass is 11.0. The van der Waals surface area contributed by atoms with E-state index in [0.717, 1.165) is 0 Å². The highest BCUT2D eigenvalue weighted by Gasteiger charge is 1.60. The fourth-order valence-electron chi connectivity index (χ4n) is 0. The third-order valence-corrected chi connectivity index (χ3v) is 3.21. The Bertz CT molecular complexity index is 44.8. The normalized spacial score (nSPS) is 3.09. The molecule has 0 atom stereocenters. The highest BCUT2D eigenvalue weighted by molar-refractivity contribution is 15.0. The molecule has 0 saturated carbocycles. The molecule has 0 aliphatic carbocycles. The monoisotopic (exact) mass is 2520 g/mol. The fourth-order valence-corrected chi connectivity index (χ4v) is 0. The van der Waals surface area contributed by atoms with E-state index in [0.29, 0.717) is 0 Å². The average molecular weight is 2520 g/mol. The molecule has 0 aromatic rings. The summed E-state index contributed by atoms with van der Waals surface area (Å²) in [5.41, 5.74) is 0. The van der Waals surface area contributed by atoms with Gasteiger partial charge < -0.3 is 0 Å². The lowest BCUT2D eigenvalue weighted by molar-refractivity contribution is 1.67. The molecule has 0 amide bonds. The molecule has 0 unspecified atom stereocenters. The summed E-state index contributed by atoms with van der Waals surface area (Å²) < 4.78 is 4.93. The molecule has 0 fully saturated rings. The lowest BCUT2D eigenvalue weighted by Crippen LogP contribution is -1.60. The van der Waals surface area contributed by atoms with Crippen molar-refractivity contribution < 1.29 is 0 Å². The first kappa shape index (κ1) is 138. The van der Waals surface area contributed by atoms with Crippen molar-refractivity contribution in [3.05, 3.63) is 0 Å². The van der Waals surface area contributed by atoms with Crippen LogP contribution in [0.2, 0.25) is 0 Å². The van der Waals surface area contributed by atoms with Gasteiger partial charge >= 0.3 is 0 Å². The number of rotatable bonds is 1. The third kappa shape index (κ3) is 420. The molecule has 238 valence electrons. The molecular weight excluding hydrogens is 2460 g/mol. The van der Waals surface area contributed by atoms with Gasteiger partial charge in [0.15, 0.2) is 0 Å². The van der Waals surface area contributed by atoms with Gasteiger partial charge in [0.25, 0.3) is 0 Å². The van der Waals surface area contributed by atoms with Crippen molar-refractivity contribution in [3.63, 3.8) is 0 Å². The Morgan fingerprint density at radius 2 is 0.333 bits per heavy atom. The summed E-state index contributed by atoms with van der Waals surface area (Å²) in [6.07, 6.45) is 0. The zero-order valence-electron chi connectivity index (χ0n) is 14.8. The van der Waals surface area contributed by atoms with Crippen LogP contribution in [0.4, 0.5) is 0 Å². The molecule has 0 N–H and O–H groups in total. The van der Waals surface area contributed by atoms with E-state index in [1.807, 2.05) is 24.7 Å². The first-order valence-corrected chi connectivity index (χ1v) is 30.4. The second-order valence-corrected chi connectivity index (χ2v) is 11.6. The van der Waals surface area contributed by atoms with Gasteiger partial charge in [0.05, 0.1) is 4.87 Å². The van der Waals surface area contributed by atoms with Crippen LogP contribution in [0.15, 0.2) is 0 Å². The van der Waals surface area contributed by atoms with Crippen LogP contribution in [0.1, 0.15) is 44.6 Å². The zero-order chi connectivity index (χ0) is 20.8. The minimum atomic E-state index is 0. The van der Waals surface area contributed by atoms with Crippen molar-refractivity contribution in [2.45, 2.75) is 44.6 Å². The molecule has 18 heteroatoms. The van der Waals surface area contributed by atoms with Gasteiger partial charge in [-0.15, -0.1) is 120 Å². The van der Waals surface area contributed by atoms with Crippen LogP contribution in [-0.2, 0) is 0 Å². The molecule has 0 saturated heterocycles. The van der Waals surface area contributed by atoms with Crippen LogP contribution in [-0.4, -0.2) is 38.4 Å². The van der Waals surface area contributed by atoms with Gasteiger partial charge in [0, 0.05) is 46.1 Å². The van der Waals surface area contributed by atoms with E-state index < -0.39 is 0 Å². The van der Waals surface area contributed by atoms with Crippen molar-refractivity contribution >= 4 is 406 Å². The number of hydrogen-bond donors (Lipinski definition) is 0. The molecule has 0 radical (unpaired) electrons. The smallest absolute Gasteiger partial charge is 0.0516 e. The largest absolute Gasteiger partial charge is 0.107 e. The minimum absolute atomic E-state index is 0. The maximum absolute atomic E-state index is 2.34. The standard InChI is InChI=1S/C2H4I2.2CH2I2.5CH3I.6CH4.I2.5HI/c3-1-2-4;2*2-1-3;5*1-2;;;;;;;1-2;;;;;/h1-2H2;2*1H2;5*1H3;6*1H4;;5*1H. The fraction of sp³-hybridized carbons (Fsp3) is 1.00. The predicted molar refractivity (Wildman–Crippen MR) is 349 cm³/mol. The van der Waals surface area contributed by atoms with Crippen LogP contribution < -0.4 is 0 Å². The molecular formula is C15H52I18. The van der Waals surface area contributed by atoms with Gasteiger partial charge in [-0.25, -0.2) is 0 Å². The predicted octanol–water partition coefficient (Wildman–Crippen LogP) is 19.4. The molecule has 0 aliphatic rings. The molecule has 0 nitrogen and oxygen atoms in total. The molecule has 0 aliphatic heterocycles. The van der Waals surface area contributed by atoms with Crippen LogP contribution in [0.3, 0.4) is 0 Å². The Hall–Kier alpha value is 13.1. The second kappa shape index (κ2) is 299. The minimum Gasteiger partial charge on any atom is -0.107 e. The molecule has 0 aromatic heterocycles. The van der Waals surface area contributed by atoms with Gasteiger partial charge in [0.2, 0.25) is 0 Å². The van der Waals surface area contributed by atoms with Crippen molar-refractivity contribution in [3.8, 4) is 0 Å². The van der Waals surface area contributed by atoms with E-state index >= 15 is 0 Å². The molecule has 0 heterocycles. The van der Waals surface area contributed by atoms with E-state index in [1.54, 1.807) is 0 Å². The van der Waals surface area contributed by atoms with Crippen LogP contribution in [0.5, 0.6) is 0 Å². The lowest BCUT2D eigenvalue weighted by Gasteiger charge is -1.64. The molecule has 33 heavy (non-hydrogen) atoms. The molecule has 0 rings (SSSR count). The van der Waals surface area contributed by atoms with E-state index in [4.69, 9.17) is 0 Å². The summed E-state index contributed by atoms with van der Waals surface area (Å²) in [6, 6.07) is 0. The maximum Gasteiger partial charge on any atom is 0.0516 e. The summed E-state index contributed by atoms with van der Waals surface area (Å²) >= 11 is 28.8. The van der Waals surface area contributed by atoms with Crippen molar-refractivity contribution in [2.24, 2.45) is 0 Å². The van der Waals surface area contributed by atoms with Gasteiger partial charge in [-0.05, 0) is 24.7 Å². The number of halogens is 18. The average Bonchev–Trinajstić information content (AvgIpc) is 2.66. The summed E-state index contributed by atoms with van der Waals surface area (Å²) in [5.74, 6) is 0. The second-order valence-electron chi connectivity index (χ2n) is 0.580. The van der Waals surface area contributed by atoms with Crippen LogP contribution in [0.25, 0.3) is 0 Å². The number of alkyl halides is 11. The summed E-state index contributed by atoms with van der Waals surface area (Å²) in [4.78, 5) is 9.85. The Morgan fingerprint density at radius 3 is 0.333 bits per heavy atom. The quantitative estimate of drug-likeness (QED) is 0.181. The highest BCUT2D eigenvalue weighted by Crippen LogP contribution is 1.89. The van der Waals surface area contributed by atoms with E-state index in [2.05, 4.69) is 286 Å². The topological polar surface area (TPSA) is 0 Å². The van der Waals surface area contributed by atoms with Gasteiger partial charge in [-0.1, -0.05) is 293 Å².